The maximum Gasteiger partial charge on any atom is 0.311 e. The fourth-order valence-electron chi connectivity index (χ4n) is 2.66. The Morgan fingerprint density at radius 1 is 1.58 bits per heavy atom. The highest BCUT2D eigenvalue weighted by molar-refractivity contribution is 5.75. The normalized spacial score (nSPS) is 26.4. The summed E-state index contributed by atoms with van der Waals surface area (Å²) in [6, 6.07) is 5.20. The van der Waals surface area contributed by atoms with Crippen LogP contribution >= 0.6 is 0 Å². The van der Waals surface area contributed by atoms with Gasteiger partial charge in [0.05, 0.1) is 12.5 Å². The first-order valence-corrected chi connectivity index (χ1v) is 6.63. The van der Waals surface area contributed by atoms with Crippen LogP contribution in [0.4, 0.5) is 4.39 Å². The SMILES string of the molecule is CCOC(=O)C1CNCC1(C)c1ccc(C)c(F)c1. The molecule has 1 aromatic carbocycles. The van der Waals surface area contributed by atoms with E-state index in [0.717, 1.165) is 5.56 Å². The minimum absolute atomic E-state index is 0.212. The number of hydrogen-bond donors (Lipinski definition) is 1. The van der Waals surface area contributed by atoms with Gasteiger partial charge in [0.25, 0.3) is 0 Å². The van der Waals surface area contributed by atoms with Gasteiger partial charge >= 0.3 is 5.97 Å². The second-order valence-electron chi connectivity index (χ2n) is 5.32. The van der Waals surface area contributed by atoms with Crippen LogP contribution in [0.1, 0.15) is 25.0 Å². The first-order valence-electron chi connectivity index (χ1n) is 6.63. The van der Waals surface area contributed by atoms with Crippen molar-refractivity contribution in [1.29, 1.82) is 0 Å². The number of halogens is 1. The third kappa shape index (κ3) is 2.50. The first-order chi connectivity index (χ1) is 8.99. The van der Waals surface area contributed by atoms with Crippen LogP contribution in [0.15, 0.2) is 18.2 Å². The molecule has 4 heteroatoms. The maximum atomic E-state index is 13.7. The van der Waals surface area contributed by atoms with Gasteiger partial charge in [0.15, 0.2) is 0 Å². The highest BCUT2D eigenvalue weighted by Crippen LogP contribution is 2.36. The number of nitrogens with one attached hydrogen (secondary N) is 1. The molecule has 1 N–H and O–H groups in total. The average molecular weight is 265 g/mol. The molecule has 2 atom stereocenters. The van der Waals surface area contributed by atoms with Gasteiger partial charge in [0.1, 0.15) is 5.82 Å². The Labute approximate surface area is 113 Å². The van der Waals surface area contributed by atoms with E-state index in [4.69, 9.17) is 4.74 Å². The Morgan fingerprint density at radius 3 is 2.95 bits per heavy atom. The lowest BCUT2D eigenvalue weighted by atomic mass is 9.74. The number of hydrogen-bond acceptors (Lipinski definition) is 3. The van der Waals surface area contributed by atoms with Gasteiger partial charge in [-0.05, 0) is 31.0 Å². The molecule has 1 aliphatic rings. The van der Waals surface area contributed by atoms with Crippen molar-refractivity contribution in [3.63, 3.8) is 0 Å². The number of carbonyl (C=O) groups excluding carboxylic acids is 1. The van der Waals surface area contributed by atoms with Gasteiger partial charge in [-0.1, -0.05) is 19.1 Å². The highest BCUT2D eigenvalue weighted by Gasteiger charge is 2.45. The molecule has 1 aromatic rings. The first kappa shape index (κ1) is 14.0. The Hall–Kier alpha value is -1.42. The smallest absolute Gasteiger partial charge is 0.311 e. The van der Waals surface area contributed by atoms with E-state index < -0.39 is 5.41 Å². The molecule has 1 saturated heterocycles. The van der Waals surface area contributed by atoms with Gasteiger partial charge in [-0.2, -0.15) is 0 Å². The summed E-state index contributed by atoms with van der Waals surface area (Å²) in [5.74, 6) is -0.709. The lowest BCUT2D eigenvalue weighted by Gasteiger charge is -2.29. The average Bonchev–Trinajstić information content (AvgIpc) is 2.76. The molecule has 2 rings (SSSR count). The van der Waals surface area contributed by atoms with Gasteiger partial charge in [0.2, 0.25) is 0 Å². The number of aryl methyl sites for hydroxylation is 1. The minimum atomic E-state index is -0.416. The number of rotatable bonds is 3. The molecule has 104 valence electrons. The molecular formula is C15H20FNO2. The number of carbonyl (C=O) groups is 1. The summed E-state index contributed by atoms with van der Waals surface area (Å²) in [7, 11) is 0. The summed E-state index contributed by atoms with van der Waals surface area (Å²) in [4.78, 5) is 12.0. The zero-order chi connectivity index (χ0) is 14.0. The predicted octanol–water partition coefficient (Wildman–Crippen LogP) is 2.17. The third-order valence-corrected chi connectivity index (χ3v) is 4.01. The number of benzene rings is 1. The molecule has 0 saturated carbocycles. The Bertz CT molecular complexity index is 489. The van der Waals surface area contributed by atoms with Gasteiger partial charge in [-0.15, -0.1) is 0 Å². The molecule has 0 radical (unpaired) electrons. The molecule has 0 aromatic heterocycles. The lowest BCUT2D eigenvalue weighted by Crippen LogP contribution is -2.37. The fourth-order valence-corrected chi connectivity index (χ4v) is 2.66. The van der Waals surface area contributed by atoms with E-state index in [-0.39, 0.29) is 17.7 Å². The quantitative estimate of drug-likeness (QED) is 0.851. The summed E-state index contributed by atoms with van der Waals surface area (Å²) >= 11 is 0. The summed E-state index contributed by atoms with van der Waals surface area (Å²) in [5, 5.41) is 3.21. The monoisotopic (exact) mass is 265 g/mol. The molecule has 0 aliphatic carbocycles. The number of esters is 1. The van der Waals surface area contributed by atoms with Crippen molar-refractivity contribution in [3.8, 4) is 0 Å². The number of ether oxygens (including phenoxy) is 1. The van der Waals surface area contributed by atoms with Crippen LogP contribution < -0.4 is 5.32 Å². The largest absolute Gasteiger partial charge is 0.466 e. The van der Waals surface area contributed by atoms with E-state index in [2.05, 4.69) is 5.32 Å². The summed E-state index contributed by atoms with van der Waals surface area (Å²) in [5.41, 5.74) is 1.05. The Balaban J connectivity index is 2.34. The zero-order valence-corrected chi connectivity index (χ0v) is 11.6. The third-order valence-electron chi connectivity index (χ3n) is 4.01. The lowest BCUT2D eigenvalue weighted by molar-refractivity contribution is -0.149. The van der Waals surface area contributed by atoms with E-state index in [1.54, 1.807) is 19.9 Å². The van der Waals surface area contributed by atoms with Crippen LogP contribution in [0, 0.1) is 18.7 Å². The van der Waals surface area contributed by atoms with Crippen LogP contribution in [0.2, 0.25) is 0 Å². The van der Waals surface area contributed by atoms with Gasteiger partial charge in [-0.3, -0.25) is 4.79 Å². The molecule has 1 heterocycles. The van der Waals surface area contributed by atoms with E-state index in [1.165, 1.54) is 6.07 Å². The predicted molar refractivity (Wildman–Crippen MR) is 71.5 cm³/mol. The van der Waals surface area contributed by atoms with Gasteiger partial charge in [-0.25, -0.2) is 4.39 Å². The van der Waals surface area contributed by atoms with E-state index in [9.17, 15) is 9.18 Å². The Kier molecular flexibility index (Phi) is 3.90. The molecular weight excluding hydrogens is 245 g/mol. The molecule has 0 amide bonds. The van der Waals surface area contributed by atoms with Crippen LogP contribution in [-0.4, -0.2) is 25.7 Å². The van der Waals surface area contributed by atoms with E-state index >= 15 is 0 Å². The fraction of sp³-hybridized carbons (Fsp3) is 0.533. The maximum absolute atomic E-state index is 13.7. The Morgan fingerprint density at radius 2 is 2.32 bits per heavy atom. The molecule has 3 nitrogen and oxygen atoms in total. The summed E-state index contributed by atoms with van der Waals surface area (Å²) in [6.45, 7) is 7.11. The van der Waals surface area contributed by atoms with Crippen molar-refractivity contribution in [1.82, 2.24) is 5.32 Å². The van der Waals surface area contributed by atoms with Gasteiger partial charge < -0.3 is 10.1 Å². The second-order valence-corrected chi connectivity index (χ2v) is 5.32. The van der Waals surface area contributed by atoms with Crippen molar-refractivity contribution in [2.45, 2.75) is 26.2 Å². The second kappa shape index (κ2) is 5.29. The van der Waals surface area contributed by atoms with Crippen LogP contribution in [-0.2, 0) is 14.9 Å². The zero-order valence-electron chi connectivity index (χ0n) is 11.6. The van der Waals surface area contributed by atoms with Crippen LogP contribution in [0.3, 0.4) is 0 Å². The molecule has 0 spiro atoms. The molecule has 1 aliphatic heterocycles. The molecule has 19 heavy (non-hydrogen) atoms. The standard InChI is InChI=1S/C15H20FNO2/c1-4-19-14(18)12-8-17-9-15(12,3)11-6-5-10(2)13(16)7-11/h5-7,12,17H,4,8-9H2,1-3H3. The van der Waals surface area contributed by atoms with Crippen molar-refractivity contribution in [3.05, 3.63) is 35.1 Å². The van der Waals surface area contributed by atoms with Crippen molar-refractivity contribution in [2.75, 3.05) is 19.7 Å². The topological polar surface area (TPSA) is 38.3 Å². The summed E-state index contributed by atoms with van der Waals surface area (Å²) in [6.07, 6.45) is 0. The minimum Gasteiger partial charge on any atom is -0.466 e. The van der Waals surface area contributed by atoms with Crippen LogP contribution in [0.5, 0.6) is 0 Å². The van der Waals surface area contributed by atoms with Gasteiger partial charge in [0, 0.05) is 18.5 Å². The van der Waals surface area contributed by atoms with Crippen molar-refractivity contribution >= 4 is 5.97 Å². The summed E-state index contributed by atoms with van der Waals surface area (Å²) < 4.78 is 18.9. The molecule has 0 bridgehead atoms. The van der Waals surface area contributed by atoms with Crippen LogP contribution in [0.25, 0.3) is 0 Å². The van der Waals surface area contributed by atoms with E-state index in [1.807, 2.05) is 13.0 Å². The van der Waals surface area contributed by atoms with Crippen molar-refractivity contribution in [2.24, 2.45) is 5.92 Å². The molecule has 2 unspecified atom stereocenters. The highest BCUT2D eigenvalue weighted by atomic mass is 19.1. The van der Waals surface area contributed by atoms with Crippen molar-refractivity contribution < 1.29 is 13.9 Å². The molecule has 1 fully saturated rings. The van der Waals surface area contributed by atoms with E-state index in [0.29, 0.717) is 25.3 Å².